The molecular weight excluding hydrogens is 412 g/mol. The van der Waals surface area contributed by atoms with Crippen LogP contribution in [0.5, 0.6) is 11.5 Å². The van der Waals surface area contributed by atoms with Crippen LogP contribution in [0.3, 0.4) is 0 Å². The van der Waals surface area contributed by atoms with Crippen molar-refractivity contribution in [3.05, 3.63) is 58.6 Å². The lowest BCUT2D eigenvalue weighted by Gasteiger charge is -2.14. The van der Waals surface area contributed by atoms with Crippen molar-refractivity contribution in [2.24, 2.45) is 0 Å². The molecule has 0 aliphatic carbocycles. The van der Waals surface area contributed by atoms with E-state index in [1.54, 1.807) is 30.3 Å². The van der Waals surface area contributed by atoms with Crippen molar-refractivity contribution < 1.29 is 28.6 Å². The number of hydrogen-bond donors (Lipinski definition) is 2. The Morgan fingerprint density at radius 1 is 1.00 bits per heavy atom. The molecule has 1 atom stereocenters. The predicted molar refractivity (Wildman–Crippen MR) is 111 cm³/mol. The highest BCUT2D eigenvalue weighted by Crippen LogP contribution is 2.27. The largest absolute Gasteiger partial charge is 0.493 e. The van der Waals surface area contributed by atoms with Gasteiger partial charge in [0.1, 0.15) is 6.54 Å². The van der Waals surface area contributed by atoms with Crippen LogP contribution in [-0.4, -0.2) is 44.7 Å². The molecule has 0 fully saturated rings. The minimum Gasteiger partial charge on any atom is -0.493 e. The third kappa shape index (κ3) is 6.38. The number of benzene rings is 2. The number of carbonyl (C=O) groups is 3. The van der Waals surface area contributed by atoms with Crippen LogP contribution in [0.1, 0.15) is 22.8 Å². The van der Waals surface area contributed by atoms with E-state index in [1.165, 1.54) is 33.3 Å². The Morgan fingerprint density at radius 3 is 2.37 bits per heavy atom. The maximum absolute atomic E-state index is 12.2. The first kappa shape index (κ1) is 23.0. The molecule has 2 aromatic rings. The van der Waals surface area contributed by atoms with Gasteiger partial charge < -0.3 is 24.8 Å². The van der Waals surface area contributed by atoms with Crippen molar-refractivity contribution in [3.8, 4) is 11.5 Å². The number of methoxy groups -OCH3 is 2. The number of hydrogen-bond acceptors (Lipinski definition) is 6. The Bertz CT molecular complexity index is 918. The molecule has 9 heteroatoms. The van der Waals surface area contributed by atoms with Gasteiger partial charge in [-0.2, -0.15) is 0 Å². The Kier molecular flexibility index (Phi) is 8.49. The van der Waals surface area contributed by atoms with Crippen molar-refractivity contribution in [2.45, 2.75) is 19.6 Å². The molecule has 0 spiro atoms. The number of carbonyl (C=O) groups excluding carboxylic acids is 3. The Labute approximate surface area is 179 Å². The van der Waals surface area contributed by atoms with Crippen LogP contribution in [0.4, 0.5) is 0 Å². The Morgan fingerprint density at radius 2 is 1.70 bits per heavy atom. The number of rotatable bonds is 9. The van der Waals surface area contributed by atoms with Crippen molar-refractivity contribution in [1.29, 1.82) is 0 Å². The first-order valence-electron chi connectivity index (χ1n) is 9.06. The highest BCUT2D eigenvalue weighted by molar-refractivity contribution is 6.31. The summed E-state index contributed by atoms with van der Waals surface area (Å²) >= 11 is 6.04. The summed E-state index contributed by atoms with van der Waals surface area (Å²) in [6.07, 6.45) is -1.03. The molecule has 8 nitrogen and oxygen atoms in total. The summed E-state index contributed by atoms with van der Waals surface area (Å²) in [4.78, 5) is 36.3. The summed E-state index contributed by atoms with van der Waals surface area (Å²) < 4.78 is 15.3. The van der Waals surface area contributed by atoms with E-state index in [1.807, 2.05) is 0 Å². The van der Waals surface area contributed by atoms with Crippen LogP contribution in [0, 0.1) is 0 Å². The smallest absolute Gasteiger partial charge is 0.326 e. The topological polar surface area (TPSA) is 103 Å². The third-order valence-electron chi connectivity index (χ3n) is 4.13. The second-order valence-corrected chi connectivity index (χ2v) is 6.60. The van der Waals surface area contributed by atoms with Gasteiger partial charge >= 0.3 is 5.97 Å². The molecule has 2 amide bonds. The molecule has 2 N–H and O–H groups in total. The van der Waals surface area contributed by atoms with Crippen LogP contribution in [0.25, 0.3) is 0 Å². The van der Waals surface area contributed by atoms with E-state index in [9.17, 15) is 14.4 Å². The molecule has 0 saturated heterocycles. The molecule has 1 unspecified atom stereocenters. The van der Waals surface area contributed by atoms with Crippen LogP contribution in [-0.2, 0) is 20.9 Å². The number of esters is 1. The highest BCUT2D eigenvalue weighted by Gasteiger charge is 2.19. The summed E-state index contributed by atoms with van der Waals surface area (Å²) in [5, 5.41) is 5.61. The fourth-order valence-electron chi connectivity index (χ4n) is 2.49. The molecule has 2 rings (SSSR count). The molecule has 0 radical (unpaired) electrons. The maximum atomic E-state index is 12.2. The normalized spacial score (nSPS) is 11.2. The fraction of sp³-hybridized carbons (Fsp3) is 0.286. The molecule has 0 saturated carbocycles. The van der Waals surface area contributed by atoms with Gasteiger partial charge in [0.15, 0.2) is 17.6 Å². The molecule has 0 aliphatic rings. The second kappa shape index (κ2) is 11.1. The summed E-state index contributed by atoms with van der Waals surface area (Å²) in [6.45, 7) is 1.25. The van der Waals surface area contributed by atoms with E-state index < -0.39 is 30.4 Å². The molecular formula is C21H23ClN2O6. The lowest BCUT2D eigenvalue weighted by atomic mass is 10.2. The maximum Gasteiger partial charge on any atom is 0.326 e. The Hall–Kier alpha value is -3.26. The van der Waals surface area contributed by atoms with Crippen LogP contribution < -0.4 is 20.1 Å². The van der Waals surface area contributed by atoms with Crippen molar-refractivity contribution in [1.82, 2.24) is 10.6 Å². The SMILES string of the molecule is COc1ccc(C(=O)NCC(=O)OC(C)C(=O)NCc2ccccc2Cl)cc1OC. The average Bonchev–Trinajstić information content (AvgIpc) is 2.76. The standard InChI is InChI=1S/C21H23ClN2O6/c1-13(20(26)23-11-15-6-4-5-7-16(15)22)30-19(25)12-24-21(27)14-8-9-17(28-2)18(10-14)29-3/h4-10,13H,11-12H2,1-3H3,(H,23,26)(H,24,27). The van der Waals surface area contributed by atoms with E-state index in [0.717, 1.165) is 5.56 Å². The van der Waals surface area contributed by atoms with Gasteiger partial charge in [-0.25, -0.2) is 0 Å². The van der Waals surface area contributed by atoms with Gasteiger partial charge in [0.25, 0.3) is 11.8 Å². The van der Waals surface area contributed by atoms with E-state index in [-0.39, 0.29) is 12.1 Å². The van der Waals surface area contributed by atoms with E-state index in [0.29, 0.717) is 16.5 Å². The van der Waals surface area contributed by atoms with Gasteiger partial charge in [-0.1, -0.05) is 29.8 Å². The second-order valence-electron chi connectivity index (χ2n) is 6.19. The lowest BCUT2D eigenvalue weighted by Crippen LogP contribution is -2.38. The fourth-order valence-corrected chi connectivity index (χ4v) is 2.69. The summed E-state index contributed by atoms with van der Waals surface area (Å²) in [5.74, 6) is -0.857. The lowest BCUT2D eigenvalue weighted by molar-refractivity contribution is -0.153. The van der Waals surface area contributed by atoms with Gasteiger partial charge in [-0.3, -0.25) is 14.4 Å². The Balaban J connectivity index is 1.81. The van der Waals surface area contributed by atoms with Crippen LogP contribution >= 0.6 is 11.6 Å². The van der Waals surface area contributed by atoms with Crippen LogP contribution in [0.2, 0.25) is 5.02 Å². The first-order valence-corrected chi connectivity index (χ1v) is 9.44. The van der Waals surface area contributed by atoms with E-state index >= 15 is 0 Å². The van der Waals surface area contributed by atoms with Crippen molar-refractivity contribution in [2.75, 3.05) is 20.8 Å². The van der Waals surface area contributed by atoms with E-state index in [2.05, 4.69) is 10.6 Å². The van der Waals surface area contributed by atoms with Crippen molar-refractivity contribution >= 4 is 29.4 Å². The molecule has 2 aromatic carbocycles. The average molecular weight is 435 g/mol. The minimum absolute atomic E-state index is 0.205. The zero-order chi connectivity index (χ0) is 22.1. The van der Waals surface area contributed by atoms with Crippen LogP contribution in [0.15, 0.2) is 42.5 Å². The quantitative estimate of drug-likeness (QED) is 0.587. The number of halogens is 1. The van der Waals surface area contributed by atoms with E-state index in [4.69, 9.17) is 25.8 Å². The molecule has 160 valence electrons. The summed E-state index contributed by atoms with van der Waals surface area (Å²) in [5.41, 5.74) is 1.03. The highest BCUT2D eigenvalue weighted by atomic mass is 35.5. The number of amides is 2. The molecule has 0 bridgehead atoms. The third-order valence-corrected chi connectivity index (χ3v) is 4.50. The van der Waals surface area contributed by atoms with Crippen molar-refractivity contribution in [3.63, 3.8) is 0 Å². The molecule has 0 aliphatic heterocycles. The van der Waals surface area contributed by atoms with Gasteiger partial charge in [-0.15, -0.1) is 0 Å². The minimum atomic E-state index is -1.03. The summed E-state index contributed by atoms with van der Waals surface area (Å²) in [7, 11) is 2.94. The zero-order valence-electron chi connectivity index (χ0n) is 16.9. The first-order chi connectivity index (χ1) is 14.3. The zero-order valence-corrected chi connectivity index (χ0v) is 17.6. The molecule has 0 heterocycles. The van der Waals surface area contributed by atoms with Gasteiger partial charge in [0, 0.05) is 17.1 Å². The van der Waals surface area contributed by atoms with Gasteiger partial charge in [0.2, 0.25) is 0 Å². The predicted octanol–water partition coefficient (Wildman–Crippen LogP) is 2.34. The molecule has 0 aromatic heterocycles. The number of ether oxygens (including phenoxy) is 3. The van der Waals surface area contributed by atoms with Gasteiger partial charge in [0.05, 0.1) is 14.2 Å². The monoisotopic (exact) mass is 434 g/mol. The van der Waals surface area contributed by atoms with Gasteiger partial charge in [-0.05, 0) is 36.8 Å². The molecule has 30 heavy (non-hydrogen) atoms. The summed E-state index contributed by atoms with van der Waals surface area (Å²) in [6, 6.07) is 11.7. The number of nitrogens with one attached hydrogen (secondary N) is 2.